The van der Waals surface area contributed by atoms with Crippen molar-refractivity contribution in [2.24, 2.45) is 11.8 Å². The van der Waals surface area contributed by atoms with Crippen LogP contribution >= 0.6 is 0 Å². The maximum Gasteiger partial charge on any atom is 0.226 e. The summed E-state index contributed by atoms with van der Waals surface area (Å²) in [4.78, 5) is 15.2. The third kappa shape index (κ3) is 4.71. The van der Waals surface area contributed by atoms with Gasteiger partial charge in [-0.15, -0.1) is 0 Å². The van der Waals surface area contributed by atoms with Crippen molar-refractivity contribution in [3.8, 4) is 11.1 Å². The fraction of sp³-hybridized carbons (Fsp3) is 0.458. The summed E-state index contributed by atoms with van der Waals surface area (Å²) < 4.78 is 55.0. The van der Waals surface area contributed by atoms with Gasteiger partial charge in [0.05, 0.1) is 11.8 Å². The van der Waals surface area contributed by atoms with Crippen molar-refractivity contribution in [2.45, 2.75) is 38.1 Å². The summed E-state index contributed by atoms with van der Waals surface area (Å²) in [5.41, 5.74) is 1.17. The number of hydrogen-bond donors (Lipinski definition) is 1. The molecular weight excluding hydrogens is 434 g/mol. The first kappa shape index (κ1) is 22.9. The standard InChI is InChI=1S/C24H28F2N2O3S/c1-15-21(17-9-3-4-10-18(17)23-19(25)11-7-12-20(23)26)22(15)24(29)28-13-6-5-8-16(14-28)27-32(2,30)31/h3-4,7,9-12,15-16,21-22,27H,5-6,8,13-14H2,1-2H3/t15?,16-,21?,22?/m0/s1. The predicted octanol–water partition coefficient (Wildman–Crippen LogP) is 3.91. The lowest BCUT2D eigenvalue weighted by Gasteiger charge is -2.25. The summed E-state index contributed by atoms with van der Waals surface area (Å²) in [6.07, 6.45) is 3.48. The summed E-state index contributed by atoms with van der Waals surface area (Å²) >= 11 is 0. The van der Waals surface area contributed by atoms with Crippen molar-refractivity contribution in [2.75, 3.05) is 19.3 Å². The van der Waals surface area contributed by atoms with Crippen LogP contribution in [0.15, 0.2) is 42.5 Å². The average Bonchev–Trinajstić information content (AvgIpc) is 3.44. The zero-order valence-electron chi connectivity index (χ0n) is 18.2. The molecule has 4 rings (SSSR count). The smallest absolute Gasteiger partial charge is 0.226 e. The molecular formula is C24H28F2N2O3S. The van der Waals surface area contributed by atoms with Gasteiger partial charge in [-0.3, -0.25) is 4.79 Å². The van der Waals surface area contributed by atoms with E-state index in [2.05, 4.69) is 4.72 Å². The molecule has 0 aromatic heterocycles. The normalized spacial score (nSPS) is 25.9. The molecule has 172 valence electrons. The van der Waals surface area contributed by atoms with Gasteiger partial charge < -0.3 is 4.90 Å². The Balaban J connectivity index is 1.58. The minimum Gasteiger partial charge on any atom is -0.341 e. The van der Waals surface area contributed by atoms with Crippen LogP contribution in [0.25, 0.3) is 11.1 Å². The summed E-state index contributed by atoms with van der Waals surface area (Å²) in [5, 5.41) is 0. The maximum absolute atomic E-state index is 14.5. The molecule has 1 amide bonds. The fourth-order valence-corrected chi connectivity index (χ4v) is 5.84. The van der Waals surface area contributed by atoms with Crippen molar-refractivity contribution in [1.29, 1.82) is 0 Å². The third-order valence-electron chi connectivity index (χ3n) is 6.58. The van der Waals surface area contributed by atoms with Gasteiger partial charge in [-0.25, -0.2) is 21.9 Å². The lowest BCUT2D eigenvalue weighted by Crippen LogP contribution is -2.45. The number of amides is 1. The molecule has 0 radical (unpaired) electrons. The molecule has 1 N–H and O–H groups in total. The Morgan fingerprint density at radius 1 is 1.06 bits per heavy atom. The van der Waals surface area contributed by atoms with Crippen molar-refractivity contribution in [3.63, 3.8) is 0 Å². The van der Waals surface area contributed by atoms with Crippen LogP contribution in [-0.4, -0.2) is 44.6 Å². The molecule has 2 aliphatic rings. The zero-order chi connectivity index (χ0) is 23.0. The van der Waals surface area contributed by atoms with E-state index in [0.29, 0.717) is 25.1 Å². The highest BCUT2D eigenvalue weighted by Crippen LogP contribution is 2.56. The van der Waals surface area contributed by atoms with Crippen LogP contribution in [0.3, 0.4) is 0 Å². The lowest BCUT2D eigenvalue weighted by molar-refractivity contribution is -0.133. The van der Waals surface area contributed by atoms with Crippen LogP contribution in [0.4, 0.5) is 8.78 Å². The molecule has 1 saturated heterocycles. The number of halogens is 2. The van der Waals surface area contributed by atoms with Gasteiger partial charge in [0.25, 0.3) is 0 Å². The molecule has 1 saturated carbocycles. The molecule has 1 aliphatic heterocycles. The van der Waals surface area contributed by atoms with Gasteiger partial charge in [0.1, 0.15) is 11.6 Å². The number of sulfonamides is 1. The molecule has 2 aromatic rings. The summed E-state index contributed by atoms with van der Waals surface area (Å²) in [5.74, 6) is -1.67. The van der Waals surface area contributed by atoms with E-state index in [9.17, 15) is 22.0 Å². The van der Waals surface area contributed by atoms with Gasteiger partial charge >= 0.3 is 0 Å². The van der Waals surface area contributed by atoms with E-state index in [1.807, 2.05) is 19.1 Å². The molecule has 1 heterocycles. The average molecular weight is 463 g/mol. The van der Waals surface area contributed by atoms with Crippen molar-refractivity contribution < 1.29 is 22.0 Å². The Morgan fingerprint density at radius 2 is 1.75 bits per heavy atom. The predicted molar refractivity (Wildman–Crippen MR) is 119 cm³/mol. The highest BCUT2D eigenvalue weighted by atomic mass is 32.2. The second kappa shape index (κ2) is 8.90. The largest absolute Gasteiger partial charge is 0.341 e. The lowest BCUT2D eigenvalue weighted by atomic mass is 9.94. The first-order chi connectivity index (χ1) is 15.2. The first-order valence-corrected chi connectivity index (χ1v) is 12.9. The molecule has 5 nitrogen and oxygen atoms in total. The second-order valence-corrected chi connectivity index (χ2v) is 10.7. The van der Waals surface area contributed by atoms with Gasteiger partial charge in [0, 0.05) is 25.0 Å². The Hall–Kier alpha value is -2.32. The Morgan fingerprint density at radius 3 is 2.44 bits per heavy atom. The van der Waals surface area contributed by atoms with Crippen LogP contribution in [0.1, 0.15) is 37.7 Å². The highest BCUT2D eigenvalue weighted by Gasteiger charge is 2.54. The molecule has 0 spiro atoms. The Kier molecular flexibility index (Phi) is 6.36. The Labute approximate surface area is 187 Å². The minimum atomic E-state index is -3.36. The molecule has 4 atom stereocenters. The van der Waals surface area contributed by atoms with Crippen molar-refractivity contribution >= 4 is 15.9 Å². The quantitative estimate of drug-likeness (QED) is 0.733. The van der Waals surface area contributed by atoms with Crippen LogP contribution in [0, 0.1) is 23.5 Å². The van der Waals surface area contributed by atoms with Crippen LogP contribution in [0.5, 0.6) is 0 Å². The van der Waals surface area contributed by atoms with Gasteiger partial charge in [0.2, 0.25) is 15.9 Å². The highest BCUT2D eigenvalue weighted by molar-refractivity contribution is 7.88. The van der Waals surface area contributed by atoms with E-state index in [-0.39, 0.29) is 35.3 Å². The van der Waals surface area contributed by atoms with Gasteiger partial charge in [-0.1, -0.05) is 43.7 Å². The fourth-order valence-electron chi connectivity index (χ4n) is 5.04. The van der Waals surface area contributed by atoms with E-state index >= 15 is 0 Å². The van der Waals surface area contributed by atoms with Gasteiger partial charge in [0.15, 0.2) is 0 Å². The van der Waals surface area contributed by atoms with Crippen LogP contribution < -0.4 is 4.72 Å². The van der Waals surface area contributed by atoms with E-state index in [0.717, 1.165) is 24.7 Å². The molecule has 3 unspecified atom stereocenters. The topological polar surface area (TPSA) is 66.5 Å². The number of likely N-dealkylation sites (tertiary alicyclic amines) is 1. The SMILES string of the molecule is CC1C(C(=O)N2CCCC[C@H](NS(C)(=O)=O)C2)C1c1ccccc1-c1c(F)cccc1F. The molecule has 0 bridgehead atoms. The minimum absolute atomic E-state index is 0.0199. The summed E-state index contributed by atoms with van der Waals surface area (Å²) in [6.45, 7) is 2.90. The van der Waals surface area contributed by atoms with E-state index in [1.165, 1.54) is 18.2 Å². The Bertz CT molecular complexity index is 1100. The van der Waals surface area contributed by atoms with Crippen LogP contribution in [0.2, 0.25) is 0 Å². The van der Waals surface area contributed by atoms with Gasteiger partial charge in [-0.05, 0) is 47.9 Å². The zero-order valence-corrected chi connectivity index (χ0v) is 19.0. The number of carbonyl (C=O) groups is 1. The molecule has 8 heteroatoms. The number of nitrogens with one attached hydrogen (secondary N) is 1. The third-order valence-corrected chi connectivity index (χ3v) is 7.34. The molecule has 2 fully saturated rings. The van der Waals surface area contributed by atoms with E-state index < -0.39 is 21.7 Å². The number of carbonyl (C=O) groups excluding carboxylic acids is 1. The van der Waals surface area contributed by atoms with E-state index in [4.69, 9.17) is 0 Å². The number of rotatable bonds is 5. The second-order valence-electron chi connectivity index (χ2n) is 8.96. The first-order valence-electron chi connectivity index (χ1n) is 11.0. The maximum atomic E-state index is 14.5. The molecule has 1 aliphatic carbocycles. The summed E-state index contributed by atoms with van der Waals surface area (Å²) in [6, 6.07) is 10.6. The molecule has 32 heavy (non-hydrogen) atoms. The number of hydrogen-bond acceptors (Lipinski definition) is 3. The molecule has 2 aromatic carbocycles. The summed E-state index contributed by atoms with van der Waals surface area (Å²) in [7, 11) is -3.36. The van der Waals surface area contributed by atoms with E-state index in [1.54, 1.807) is 17.0 Å². The monoisotopic (exact) mass is 462 g/mol. The van der Waals surface area contributed by atoms with Crippen LogP contribution in [-0.2, 0) is 14.8 Å². The van der Waals surface area contributed by atoms with Crippen molar-refractivity contribution in [3.05, 3.63) is 59.7 Å². The van der Waals surface area contributed by atoms with Gasteiger partial charge in [-0.2, -0.15) is 0 Å². The number of nitrogens with zero attached hydrogens (tertiary/aromatic N) is 1. The number of benzene rings is 2. The van der Waals surface area contributed by atoms with Crippen molar-refractivity contribution in [1.82, 2.24) is 9.62 Å².